The second kappa shape index (κ2) is 10.5. The number of fused-ring (bicyclic) bond motifs is 4. The van der Waals surface area contributed by atoms with Crippen molar-refractivity contribution in [1.82, 2.24) is 25.2 Å². The molecule has 0 aromatic carbocycles. The van der Waals surface area contributed by atoms with Crippen LogP contribution in [0.1, 0.15) is 64.4 Å². The smallest absolute Gasteiger partial charge is 0.246 e. The molecule has 6 rings (SSSR count). The van der Waals surface area contributed by atoms with Crippen LogP contribution in [-0.2, 0) is 4.79 Å². The summed E-state index contributed by atoms with van der Waals surface area (Å²) in [7, 11) is 0. The number of nitrogens with zero attached hydrogens (tertiary/aromatic N) is 6. The number of hydrogen-bond acceptors (Lipinski definition) is 8. The van der Waals surface area contributed by atoms with Gasteiger partial charge in [-0.15, -0.1) is 0 Å². The molecule has 2 aromatic rings. The zero-order valence-corrected chi connectivity index (χ0v) is 22.7. The van der Waals surface area contributed by atoms with Crippen molar-refractivity contribution >= 4 is 35.3 Å². The lowest BCUT2D eigenvalue weighted by Crippen LogP contribution is -2.69. The summed E-state index contributed by atoms with van der Waals surface area (Å²) in [4.78, 5) is 34.3. The zero-order valence-electron chi connectivity index (χ0n) is 22.7. The van der Waals surface area contributed by atoms with Gasteiger partial charge in [-0.1, -0.05) is 45.3 Å². The van der Waals surface area contributed by atoms with Crippen LogP contribution < -0.4 is 20.4 Å². The Morgan fingerprint density at radius 2 is 1.87 bits per heavy atom. The maximum atomic E-state index is 12.8. The van der Waals surface area contributed by atoms with E-state index >= 15 is 0 Å². The van der Waals surface area contributed by atoms with Crippen LogP contribution in [0, 0.1) is 0 Å². The third kappa shape index (κ3) is 4.61. The highest BCUT2D eigenvalue weighted by Gasteiger charge is 2.49. The van der Waals surface area contributed by atoms with Crippen molar-refractivity contribution in [2.75, 3.05) is 47.8 Å². The molecule has 3 aliphatic heterocycles. The van der Waals surface area contributed by atoms with E-state index in [4.69, 9.17) is 4.98 Å². The number of carbonyl (C=O) groups is 1. The van der Waals surface area contributed by atoms with E-state index in [-0.39, 0.29) is 17.5 Å². The second-order valence-electron chi connectivity index (χ2n) is 11.1. The standard InChI is InChI=1S/C29H40N8O/c1-3-35(4-2)22-12-16-36(17-13-22)23-9-11-25(30-19-23)33-28-31-18-21-8-10-24-27(38)32-20-29(14-6-5-7-15-29)37(24)26(21)34-28/h8-11,18-19,22,24H,3-7,12-17,20H2,1-2H3,(H,32,38)(H,30,31,33,34). The van der Waals surface area contributed by atoms with Crippen molar-refractivity contribution in [3.8, 4) is 0 Å². The highest BCUT2D eigenvalue weighted by Crippen LogP contribution is 2.43. The minimum absolute atomic E-state index is 0.0506. The van der Waals surface area contributed by atoms with Gasteiger partial charge in [0.2, 0.25) is 11.9 Å². The number of rotatable bonds is 6. The first kappa shape index (κ1) is 25.1. The van der Waals surface area contributed by atoms with Gasteiger partial charge in [0.1, 0.15) is 17.7 Å². The number of carbonyl (C=O) groups excluding carboxylic acids is 1. The Labute approximate surface area is 225 Å². The van der Waals surface area contributed by atoms with E-state index < -0.39 is 0 Å². The molecular formula is C29H40N8O. The van der Waals surface area contributed by atoms with Gasteiger partial charge in [-0.25, -0.2) is 9.97 Å². The van der Waals surface area contributed by atoms with Crippen LogP contribution in [0.5, 0.6) is 0 Å². The molecule has 2 saturated heterocycles. The fourth-order valence-electron chi connectivity index (χ4n) is 6.95. The molecule has 4 aliphatic rings. The number of pyridine rings is 1. The lowest BCUT2D eigenvalue weighted by molar-refractivity contribution is -0.123. The molecule has 1 spiro atoms. The fourth-order valence-corrected chi connectivity index (χ4v) is 6.95. The molecule has 202 valence electrons. The van der Waals surface area contributed by atoms with E-state index in [0.717, 1.165) is 61.9 Å². The minimum Gasteiger partial charge on any atom is -0.370 e. The first-order valence-corrected chi connectivity index (χ1v) is 14.4. The summed E-state index contributed by atoms with van der Waals surface area (Å²) in [6.07, 6.45) is 15.9. The van der Waals surface area contributed by atoms with Crippen LogP contribution in [0.15, 0.2) is 30.6 Å². The van der Waals surface area contributed by atoms with Crippen molar-refractivity contribution in [2.45, 2.75) is 76.4 Å². The van der Waals surface area contributed by atoms with Crippen LogP contribution >= 0.6 is 0 Å². The van der Waals surface area contributed by atoms with E-state index in [1.54, 1.807) is 0 Å². The third-order valence-corrected chi connectivity index (χ3v) is 9.06. The Morgan fingerprint density at radius 1 is 1.08 bits per heavy atom. The van der Waals surface area contributed by atoms with Crippen molar-refractivity contribution in [1.29, 1.82) is 0 Å². The highest BCUT2D eigenvalue weighted by molar-refractivity contribution is 5.93. The predicted octanol–water partition coefficient (Wildman–Crippen LogP) is 3.96. The minimum atomic E-state index is -0.319. The summed E-state index contributed by atoms with van der Waals surface area (Å²) in [5.41, 5.74) is 2.04. The third-order valence-electron chi connectivity index (χ3n) is 9.06. The summed E-state index contributed by atoms with van der Waals surface area (Å²) in [5.74, 6) is 2.13. The normalized spacial score (nSPS) is 22.8. The monoisotopic (exact) mass is 516 g/mol. The number of amides is 1. The number of piperidine rings is 1. The van der Waals surface area contributed by atoms with E-state index in [0.29, 0.717) is 18.5 Å². The van der Waals surface area contributed by atoms with Crippen molar-refractivity contribution in [3.63, 3.8) is 0 Å². The molecule has 1 atom stereocenters. The first-order valence-electron chi connectivity index (χ1n) is 14.4. The van der Waals surface area contributed by atoms with Crippen molar-refractivity contribution in [2.24, 2.45) is 0 Å². The average Bonchev–Trinajstić information content (AvgIpc) is 2.97. The SMILES string of the molecule is CCN(CC)C1CCN(c2ccc(Nc3ncc4c(n3)N3C(C=C4)C(=O)NCC34CCCCC4)nc2)CC1. The lowest BCUT2D eigenvalue weighted by Gasteiger charge is -2.54. The Balaban J connectivity index is 1.17. The van der Waals surface area contributed by atoms with Gasteiger partial charge in [-0.3, -0.25) is 4.79 Å². The van der Waals surface area contributed by atoms with Gasteiger partial charge in [0.25, 0.3) is 0 Å². The quantitative estimate of drug-likeness (QED) is 0.597. The Morgan fingerprint density at radius 3 is 2.58 bits per heavy atom. The Bertz CT molecular complexity index is 1160. The van der Waals surface area contributed by atoms with Crippen LogP contribution in [0.3, 0.4) is 0 Å². The average molecular weight is 517 g/mol. The Kier molecular flexibility index (Phi) is 6.95. The van der Waals surface area contributed by atoms with Crippen molar-refractivity contribution in [3.05, 3.63) is 36.2 Å². The van der Waals surface area contributed by atoms with Gasteiger partial charge in [-0.2, -0.15) is 4.98 Å². The summed E-state index contributed by atoms with van der Waals surface area (Å²) in [6, 6.07) is 4.51. The lowest BCUT2D eigenvalue weighted by atomic mass is 9.77. The highest BCUT2D eigenvalue weighted by atomic mass is 16.2. The van der Waals surface area contributed by atoms with Gasteiger partial charge in [0, 0.05) is 37.4 Å². The predicted molar refractivity (Wildman–Crippen MR) is 152 cm³/mol. The molecule has 1 amide bonds. The molecule has 2 aromatic heterocycles. The molecule has 3 fully saturated rings. The molecule has 9 heteroatoms. The van der Waals surface area contributed by atoms with Gasteiger partial charge in [0.15, 0.2) is 0 Å². The van der Waals surface area contributed by atoms with Crippen LogP contribution in [0.4, 0.5) is 23.3 Å². The Hall–Kier alpha value is -3.20. The number of aromatic nitrogens is 3. The van der Waals surface area contributed by atoms with Crippen LogP contribution in [-0.4, -0.2) is 76.1 Å². The second-order valence-corrected chi connectivity index (χ2v) is 11.1. The molecule has 1 aliphatic carbocycles. The molecule has 0 radical (unpaired) electrons. The molecule has 1 saturated carbocycles. The maximum absolute atomic E-state index is 12.8. The van der Waals surface area contributed by atoms with Crippen LogP contribution in [0.2, 0.25) is 0 Å². The van der Waals surface area contributed by atoms with Gasteiger partial charge >= 0.3 is 0 Å². The van der Waals surface area contributed by atoms with E-state index in [1.165, 1.54) is 32.1 Å². The first-order chi connectivity index (χ1) is 18.6. The molecule has 5 heterocycles. The molecule has 38 heavy (non-hydrogen) atoms. The van der Waals surface area contributed by atoms with E-state index in [9.17, 15) is 4.79 Å². The van der Waals surface area contributed by atoms with E-state index in [2.05, 4.69) is 55.2 Å². The summed E-state index contributed by atoms with van der Waals surface area (Å²) in [6.45, 7) is 9.55. The molecule has 9 nitrogen and oxygen atoms in total. The summed E-state index contributed by atoms with van der Waals surface area (Å²) < 4.78 is 0. The molecule has 2 N–H and O–H groups in total. The summed E-state index contributed by atoms with van der Waals surface area (Å²) >= 11 is 0. The number of piperazine rings is 1. The topological polar surface area (TPSA) is 89.5 Å². The largest absolute Gasteiger partial charge is 0.370 e. The number of hydrogen-bond donors (Lipinski definition) is 2. The van der Waals surface area contributed by atoms with Crippen LogP contribution in [0.25, 0.3) is 6.08 Å². The summed E-state index contributed by atoms with van der Waals surface area (Å²) in [5, 5.41) is 6.48. The molecule has 1 unspecified atom stereocenters. The zero-order chi connectivity index (χ0) is 26.1. The van der Waals surface area contributed by atoms with Crippen molar-refractivity contribution < 1.29 is 4.79 Å². The fraction of sp³-hybridized carbons (Fsp3) is 0.586. The maximum Gasteiger partial charge on any atom is 0.246 e. The van der Waals surface area contributed by atoms with Gasteiger partial charge in [0.05, 0.1) is 17.4 Å². The van der Waals surface area contributed by atoms with E-state index in [1.807, 2.05) is 30.6 Å². The number of nitrogens with one attached hydrogen (secondary N) is 2. The number of anilines is 4. The molecular weight excluding hydrogens is 476 g/mol. The van der Waals surface area contributed by atoms with Gasteiger partial charge < -0.3 is 25.3 Å². The molecule has 0 bridgehead atoms. The van der Waals surface area contributed by atoms with Gasteiger partial charge in [-0.05, 0) is 50.9 Å².